The van der Waals surface area contributed by atoms with Gasteiger partial charge in [-0.25, -0.2) is 0 Å². The van der Waals surface area contributed by atoms with Gasteiger partial charge in [0, 0.05) is 52.9 Å². The van der Waals surface area contributed by atoms with Gasteiger partial charge in [-0.05, 0) is 61.1 Å². The van der Waals surface area contributed by atoms with E-state index in [1.807, 2.05) is 0 Å². The average molecular weight is 559 g/mol. The van der Waals surface area contributed by atoms with Crippen LogP contribution < -0.4 is 0 Å². The lowest BCUT2D eigenvalue weighted by Crippen LogP contribution is -1.92. The Balaban J connectivity index is 1.66. The normalized spacial score (nSPS) is 12.1. The Hall–Kier alpha value is -3.94. The molecule has 2 aromatic heterocycles. The van der Waals surface area contributed by atoms with Crippen molar-refractivity contribution in [3.63, 3.8) is 0 Å². The van der Waals surface area contributed by atoms with Gasteiger partial charge in [0.2, 0.25) is 0 Å². The third kappa shape index (κ3) is 4.80. The van der Waals surface area contributed by atoms with E-state index in [0.29, 0.717) is 11.1 Å². The summed E-state index contributed by atoms with van der Waals surface area (Å²) in [6.07, 6.45) is 11.4. The van der Waals surface area contributed by atoms with Crippen molar-refractivity contribution in [2.24, 2.45) is 0 Å². The number of nitrogens with zero attached hydrogens (tertiary/aromatic N) is 4. The number of allylic oxidation sites excluding steroid dienone is 2. The molecule has 0 spiro atoms. The monoisotopic (exact) mass is 558 g/mol. The van der Waals surface area contributed by atoms with E-state index in [4.69, 9.17) is 0 Å². The number of unbranched alkanes of at least 4 members (excludes halogenated alkanes) is 6. The van der Waals surface area contributed by atoms with Crippen LogP contribution >= 0.6 is 22.7 Å². The standard InChI is InChI=1S/C34H30N4S2/c1-3-5-7-9-11-23-13-29-31(21(17-35)18-36)25-16-28-26(15-27(25)33(29)39-23)32(22(19-37)20-38)30-14-24(40-34(28)30)12-10-8-6-4-2/h13-16H,3-12H2,1-2H3. The van der Waals surface area contributed by atoms with E-state index in [0.717, 1.165) is 68.8 Å². The average Bonchev–Trinajstić information content (AvgIpc) is 3.70. The summed E-state index contributed by atoms with van der Waals surface area (Å²) in [5, 5.41) is 39.6. The Morgan fingerprint density at radius 1 is 0.525 bits per heavy atom. The highest BCUT2D eigenvalue weighted by molar-refractivity contribution is 7.16. The minimum atomic E-state index is 0.127. The second-order valence-electron chi connectivity index (χ2n) is 10.4. The Morgan fingerprint density at radius 3 is 1.27 bits per heavy atom. The molecule has 0 saturated heterocycles. The minimum Gasteiger partial charge on any atom is -0.192 e. The number of nitriles is 4. The quantitative estimate of drug-likeness (QED) is 0.126. The molecule has 0 N–H and O–H groups in total. The van der Waals surface area contributed by atoms with Crippen molar-refractivity contribution in [1.82, 2.24) is 0 Å². The molecule has 2 aliphatic rings. The van der Waals surface area contributed by atoms with E-state index < -0.39 is 0 Å². The fourth-order valence-corrected chi connectivity index (χ4v) is 8.32. The summed E-state index contributed by atoms with van der Waals surface area (Å²) in [5.74, 6) is 0. The number of aryl methyl sites for hydroxylation is 2. The van der Waals surface area contributed by atoms with Gasteiger partial charge in [-0.15, -0.1) is 22.7 Å². The first-order valence-corrected chi connectivity index (χ1v) is 15.8. The van der Waals surface area contributed by atoms with Crippen LogP contribution in [0.4, 0.5) is 0 Å². The van der Waals surface area contributed by atoms with Gasteiger partial charge in [-0.2, -0.15) is 21.0 Å². The zero-order chi connectivity index (χ0) is 28.2. The van der Waals surface area contributed by atoms with Gasteiger partial charge in [-0.1, -0.05) is 52.4 Å². The van der Waals surface area contributed by atoms with Crippen molar-refractivity contribution in [3.8, 4) is 45.2 Å². The van der Waals surface area contributed by atoms with Crippen molar-refractivity contribution in [1.29, 1.82) is 21.0 Å². The third-order valence-corrected chi connectivity index (χ3v) is 10.2. The third-order valence-electron chi connectivity index (χ3n) is 7.79. The highest BCUT2D eigenvalue weighted by Gasteiger charge is 2.35. The van der Waals surface area contributed by atoms with Crippen LogP contribution in [0.1, 0.15) is 97.2 Å². The maximum absolute atomic E-state index is 9.89. The molecule has 5 rings (SSSR count). The van der Waals surface area contributed by atoms with Crippen LogP contribution in [0.5, 0.6) is 0 Å². The molecule has 0 unspecified atom stereocenters. The molecule has 2 aliphatic carbocycles. The van der Waals surface area contributed by atoms with Crippen molar-refractivity contribution < 1.29 is 0 Å². The first kappa shape index (κ1) is 27.6. The van der Waals surface area contributed by atoms with Gasteiger partial charge >= 0.3 is 0 Å². The smallest absolute Gasteiger partial charge is 0.138 e. The number of fused-ring (bicyclic) bond motifs is 6. The predicted molar refractivity (Wildman–Crippen MR) is 163 cm³/mol. The Bertz CT molecular complexity index is 1560. The number of hydrogen-bond acceptors (Lipinski definition) is 6. The number of hydrogen-bond donors (Lipinski definition) is 0. The molecule has 198 valence electrons. The second kappa shape index (κ2) is 12.1. The van der Waals surface area contributed by atoms with Crippen molar-refractivity contribution in [3.05, 3.63) is 67.4 Å². The SMILES string of the molecule is CCCCCCc1cc2c(s1)-c1cc3c(cc1C2=C(C#N)C#N)-c1sc(CCCCCC)cc1C3=C(C#N)C#N. The van der Waals surface area contributed by atoms with Gasteiger partial charge in [0.1, 0.15) is 35.4 Å². The Kier molecular flexibility index (Phi) is 8.33. The van der Waals surface area contributed by atoms with Crippen LogP contribution in [0.2, 0.25) is 0 Å². The molecular formula is C34H30N4S2. The van der Waals surface area contributed by atoms with Crippen LogP contribution in [0.15, 0.2) is 35.4 Å². The summed E-state index contributed by atoms with van der Waals surface area (Å²) in [5.41, 5.74) is 7.37. The van der Waals surface area contributed by atoms with Crippen LogP contribution in [-0.2, 0) is 12.8 Å². The lowest BCUT2D eigenvalue weighted by Gasteiger charge is -2.09. The first-order valence-electron chi connectivity index (χ1n) is 14.1. The minimum absolute atomic E-state index is 0.127. The maximum Gasteiger partial charge on any atom is 0.138 e. The molecule has 0 aliphatic heterocycles. The number of benzene rings is 1. The molecule has 0 amide bonds. The van der Waals surface area contributed by atoms with E-state index in [1.54, 1.807) is 22.7 Å². The lowest BCUT2D eigenvalue weighted by molar-refractivity contribution is 0.670. The van der Waals surface area contributed by atoms with Crippen LogP contribution in [0.3, 0.4) is 0 Å². The summed E-state index contributed by atoms with van der Waals surface area (Å²) in [6, 6.07) is 17.1. The summed E-state index contributed by atoms with van der Waals surface area (Å²) in [4.78, 5) is 4.67. The molecule has 3 aromatic rings. The predicted octanol–water partition coefficient (Wildman–Crippen LogP) is 9.71. The molecule has 0 atom stereocenters. The summed E-state index contributed by atoms with van der Waals surface area (Å²) in [7, 11) is 0. The van der Waals surface area contributed by atoms with Crippen molar-refractivity contribution >= 4 is 33.8 Å². The summed E-state index contributed by atoms with van der Waals surface area (Å²) < 4.78 is 0. The van der Waals surface area contributed by atoms with Crippen LogP contribution in [0.25, 0.3) is 32.0 Å². The van der Waals surface area contributed by atoms with Gasteiger partial charge < -0.3 is 0 Å². The Morgan fingerprint density at radius 2 is 0.925 bits per heavy atom. The number of rotatable bonds is 10. The summed E-state index contributed by atoms with van der Waals surface area (Å²) in [6.45, 7) is 4.41. The molecule has 0 radical (unpaired) electrons. The highest BCUT2D eigenvalue weighted by Crippen LogP contribution is 2.57. The molecule has 4 nitrogen and oxygen atoms in total. The molecule has 1 aromatic carbocycles. The van der Waals surface area contributed by atoms with E-state index in [9.17, 15) is 21.0 Å². The van der Waals surface area contributed by atoms with Gasteiger partial charge in [-0.3, -0.25) is 0 Å². The molecule has 2 heterocycles. The van der Waals surface area contributed by atoms with E-state index in [2.05, 4.69) is 62.4 Å². The fourth-order valence-electron chi connectivity index (χ4n) is 5.85. The molecule has 6 heteroatoms. The zero-order valence-corrected chi connectivity index (χ0v) is 24.6. The van der Waals surface area contributed by atoms with Crippen LogP contribution in [0, 0.1) is 45.3 Å². The highest BCUT2D eigenvalue weighted by atomic mass is 32.1. The van der Waals surface area contributed by atoms with Crippen LogP contribution in [-0.4, -0.2) is 0 Å². The molecule has 0 saturated carbocycles. The van der Waals surface area contributed by atoms with Crippen molar-refractivity contribution in [2.75, 3.05) is 0 Å². The van der Waals surface area contributed by atoms with Gasteiger partial charge in [0.15, 0.2) is 0 Å². The van der Waals surface area contributed by atoms with Gasteiger partial charge in [0.25, 0.3) is 0 Å². The maximum atomic E-state index is 9.89. The van der Waals surface area contributed by atoms with E-state index in [-0.39, 0.29) is 11.1 Å². The van der Waals surface area contributed by atoms with E-state index >= 15 is 0 Å². The fraction of sp³-hybridized carbons (Fsp3) is 0.353. The topological polar surface area (TPSA) is 95.2 Å². The largest absolute Gasteiger partial charge is 0.192 e. The molecule has 40 heavy (non-hydrogen) atoms. The zero-order valence-electron chi connectivity index (χ0n) is 23.0. The molecule has 0 bridgehead atoms. The lowest BCUT2D eigenvalue weighted by atomic mass is 9.93. The molecular weight excluding hydrogens is 529 g/mol. The number of thiophene rings is 2. The van der Waals surface area contributed by atoms with E-state index in [1.165, 1.54) is 48.3 Å². The Labute approximate surface area is 244 Å². The second-order valence-corrected chi connectivity index (χ2v) is 12.7. The summed E-state index contributed by atoms with van der Waals surface area (Å²) >= 11 is 3.47. The first-order chi connectivity index (χ1) is 19.6. The van der Waals surface area contributed by atoms with Gasteiger partial charge in [0.05, 0.1) is 0 Å². The van der Waals surface area contributed by atoms with Crippen molar-refractivity contribution in [2.45, 2.75) is 78.1 Å². The molecule has 0 fully saturated rings.